The molecule has 0 aliphatic carbocycles. The molecule has 1 heterocycles. The van der Waals surface area contributed by atoms with Crippen molar-refractivity contribution >= 4 is 50.7 Å². The average molecular weight is 421 g/mol. The number of hydrogen-bond acceptors (Lipinski definition) is 3. The maximum atomic E-state index is 12.5. The van der Waals surface area contributed by atoms with Gasteiger partial charge >= 0.3 is 0 Å². The molecule has 0 bridgehead atoms. The van der Waals surface area contributed by atoms with Crippen molar-refractivity contribution < 1.29 is 9.59 Å². The Kier molecular flexibility index (Phi) is 5.20. The van der Waals surface area contributed by atoms with E-state index in [1.54, 1.807) is 25.2 Å². The molecule has 25 heavy (non-hydrogen) atoms. The van der Waals surface area contributed by atoms with Gasteiger partial charge in [-0.3, -0.25) is 9.59 Å². The lowest BCUT2D eigenvalue weighted by molar-refractivity contribution is -0.133. The van der Waals surface area contributed by atoms with Crippen molar-refractivity contribution in [2.24, 2.45) is 5.10 Å². The van der Waals surface area contributed by atoms with Gasteiger partial charge in [0, 0.05) is 23.2 Å². The highest BCUT2D eigenvalue weighted by Gasteiger charge is 2.27. The van der Waals surface area contributed by atoms with Gasteiger partial charge in [-0.15, -0.1) is 0 Å². The maximum Gasteiger partial charge on any atom is 0.253 e. The fraction of sp³-hybridized carbons (Fsp3) is 0.167. The van der Waals surface area contributed by atoms with Crippen LogP contribution in [0.3, 0.4) is 0 Å². The zero-order chi connectivity index (χ0) is 18.0. The van der Waals surface area contributed by atoms with Crippen LogP contribution < -0.4 is 4.90 Å². The number of rotatable bonds is 2. The molecule has 0 unspecified atom stereocenters. The van der Waals surface area contributed by atoms with Gasteiger partial charge in [-0.05, 0) is 18.2 Å². The lowest BCUT2D eigenvalue weighted by Gasteiger charge is -2.28. The van der Waals surface area contributed by atoms with Gasteiger partial charge in [0.25, 0.3) is 5.91 Å². The normalized spacial score (nSPS) is 14.5. The van der Waals surface area contributed by atoms with Gasteiger partial charge in [0.15, 0.2) is 0 Å². The van der Waals surface area contributed by atoms with Gasteiger partial charge in [0.1, 0.15) is 12.3 Å². The largest absolute Gasteiger partial charge is 0.313 e. The summed E-state index contributed by atoms with van der Waals surface area (Å²) in [6.07, 6.45) is 0. The first-order valence-electron chi connectivity index (χ1n) is 7.58. The zero-order valence-electron chi connectivity index (χ0n) is 13.4. The Morgan fingerprint density at radius 2 is 1.96 bits per heavy atom. The van der Waals surface area contributed by atoms with Gasteiger partial charge < -0.3 is 4.90 Å². The van der Waals surface area contributed by atoms with E-state index in [1.807, 2.05) is 30.3 Å². The van der Waals surface area contributed by atoms with Gasteiger partial charge in [-0.1, -0.05) is 57.9 Å². The molecule has 0 radical (unpaired) electrons. The van der Waals surface area contributed by atoms with Crippen molar-refractivity contribution in [3.63, 3.8) is 0 Å². The summed E-state index contributed by atoms with van der Waals surface area (Å²) in [5, 5.41) is 6.31. The highest BCUT2D eigenvalue weighted by molar-refractivity contribution is 9.09. The number of anilines is 1. The minimum absolute atomic E-state index is 0.0813. The van der Waals surface area contributed by atoms with Crippen LogP contribution in [0.25, 0.3) is 0 Å². The first kappa shape index (κ1) is 17.6. The number of benzene rings is 2. The third-order valence-electron chi connectivity index (χ3n) is 3.90. The van der Waals surface area contributed by atoms with E-state index >= 15 is 0 Å². The van der Waals surface area contributed by atoms with E-state index in [-0.39, 0.29) is 23.7 Å². The molecule has 0 saturated carbocycles. The summed E-state index contributed by atoms with van der Waals surface area (Å²) < 4.78 is 0. The molecule has 2 amide bonds. The second-order valence-corrected chi connectivity index (χ2v) is 6.51. The zero-order valence-corrected chi connectivity index (χ0v) is 15.8. The Morgan fingerprint density at radius 3 is 2.64 bits per heavy atom. The molecule has 0 spiro atoms. The Bertz CT molecular complexity index is 855. The Morgan fingerprint density at radius 1 is 1.24 bits per heavy atom. The molecule has 128 valence electrons. The summed E-state index contributed by atoms with van der Waals surface area (Å²) in [6, 6.07) is 14.8. The number of alkyl halides is 1. The first-order chi connectivity index (χ1) is 12.0. The molecule has 0 N–H and O–H groups in total. The van der Waals surface area contributed by atoms with E-state index in [9.17, 15) is 9.59 Å². The average Bonchev–Trinajstić information content (AvgIpc) is 2.63. The molecule has 2 aromatic rings. The van der Waals surface area contributed by atoms with E-state index in [0.29, 0.717) is 22.0 Å². The van der Waals surface area contributed by atoms with Gasteiger partial charge in [-0.2, -0.15) is 5.10 Å². The van der Waals surface area contributed by atoms with E-state index in [4.69, 9.17) is 11.6 Å². The molecule has 1 aliphatic rings. The number of carbonyl (C=O) groups excluding carboxylic acids is 2. The van der Waals surface area contributed by atoms with Crippen LogP contribution in [0.2, 0.25) is 5.02 Å². The minimum Gasteiger partial charge on any atom is -0.313 e. The number of fused-ring (bicyclic) bond motifs is 1. The monoisotopic (exact) mass is 419 g/mol. The quantitative estimate of drug-likeness (QED) is 0.700. The fourth-order valence-electron chi connectivity index (χ4n) is 2.59. The van der Waals surface area contributed by atoms with Gasteiger partial charge in [0.05, 0.1) is 11.0 Å². The highest BCUT2D eigenvalue weighted by Crippen LogP contribution is 2.28. The maximum absolute atomic E-state index is 12.5. The van der Waals surface area contributed by atoms with Crippen molar-refractivity contribution in [3.8, 4) is 0 Å². The van der Waals surface area contributed by atoms with Gasteiger partial charge in [-0.25, -0.2) is 5.01 Å². The predicted molar refractivity (Wildman–Crippen MR) is 102 cm³/mol. The number of hydrazone groups is 1. The second kappa shape index (κ2) is 7.37. The standard InChI is InChI=1S/C18H15BrClN3O2/c1-22-15-8-7-13(20)9-14(15)18(12-5-3-2-4-6-12)21-23(11-17(22)25)16(24)10-19/h2-9H,10-11H2,1H3. The molecule has 7 heteroatoms. The number of amides is 2. The predicted octanol–water partition coefficient (Wildman–Crippen LogP) is 3.29. The molecule has 0 aromatic heterocycles. The van der Waals surface area contributed by atoms with Crippen molar-refractivity contribution in [1.29, 1.82) is 0 Å². The SMILES string of the molecule is CN1C(=O)CN(C(=O)CBr)N=C(c2ccccc2)c2cc(Cl)ccc21. The van der Waals surface area contributed by atoms with Crippen LogP contribution >= 0.6 is 27.5 Å². The lowest BCUT2D eigenvalue weighted by Crippen LogP contribution is -2.42. The van der Waals surface area contributed by atoms with E-state index in [2.05, 4.69) is 21.0 Å². The third-order valence-corrected chi connectivity index (χ3v) is 4.62. The van der Waals surface area contributed by atoms with Crippen LogP contribution in [0.4, 0.5) is 5.69 Å². The topological polar surface area (TPSA) is 53.0 Å². The van der Waals surface area contributed by atoms with Crippen LogP contribution in [0.5, 0.6) is 0 Å². The van der Waals surface area contributed by atoms with Crippen LogP contribution in [-0.2, 0) is 9.59 Å². The van der Waals surface area contributed by atoms with E-state index in [0.717, 1.165) is 5.56 Å². The summed E-state index contributed by atoms with van der Waals surface area (Å²) in [5.74, 6) is -0.519. The third kappa shape index (κ3) is 3.60. The van der Waals surface area contributed by atoms with Crippen molar-refractivity contribution in [3.05, 3.63) is 64.7 Å². The minimum atomic E-state index is -0.291. The van der Waals surface area contributed by atoms with Crippen LogP contribution in [-0.4, -0.2) is 41.5 Å². The molecule has 0 saturated heterocycles. The molecule has 1 aliphatic heterocycles. The van der Waals surface area contributed by atoms with E-state index < -0.39 is 0 Å². The number of carbonyl (C=O) groups is 2. The summed E-state index contributed by atoms with van der Waals surface area (Å²) in [7, 11) is 1.68. The lowest BCUT2D eigenvalue weighted by atomic mass is 9.99. The second-order valence-electron chi connectivity index (χ2n) is 5.51. The number of likely N-dealkylation sites (N-methyl/N-ethyl adjacent to an activating group) is 1. The molecule has 0 atom stereocenters. The Balaban J connectivity index is 2.27. The summed E-state index contributed by atoms with van der Waals surface area (Å²) in [6.45, 7) is -0.126. The van der Waals surface area contributed by atoms with E-state index in [1.165, 1.54) is 9.91 Å². The highest BCUT2D eigenvalue weighted by atomic mass is 79.9. The van der Waals surface area contributed by atoms with Crippen molar-refractivity contribution in [2.45, 2.75) is 0 Å². The molecular formula is C18H15BrClN3O2. The number of halogens is 2. The smallest absolute Gasteiger partial charge is 0.253 e. The summed E-state index contributed by atoms with van der Waals surface area (Å²) in [5.41, 5.74) is 2.82. The number of nitrogens with zero attached hydrogens (tertiary/aromatic N) is 3. The Hall–Kier alpha value is -2.18. The summed E-state index contributed by atoms with van der Waals surface area (Å²) >= 11 is 9.33. The molecule has 2 aromatic carbocycles. The number of hydrogen-bond donors (Lipinski definition) is 0. The molecule has 3 rings (SSSR count). The van der Waals surface area contributed by atoms with Crippen molar-refractivity contribution in [2.75, 3.05) is 23.8 Å². The van der Waals surface area contributed by atoms with Crippen LogP contribution in [0, 0.1) is 0 Å². The molecule has 0 fully saturated rings. The van der Waals surface area contributed by atoms with Gasteiger partial charge in [0.2, 0.25) is 5.91 Å². The summed E-state index contributed by atoms with van der Waals surface area (Å²) in [4.78, 5) is 26.2. The first-order valence-corrected chi connectivity index (χ1v) is 9.08. The van der Waals surface area contributed by atoms with Crippen LogP contribution in [0.15, 0.2) is 53.6 Å². The molecule has 5 nitrogen and oxygen atoms in total. The van der Waals surface area contributed by atoms with Crippen molar-refractivity contribution in [1.82, 2.24) is 5.01 Å². The van der Waals surface area contributed by atoms with Crippen LogP contribution in [0.1, 0.15) is 11.1 Å². The Labute approximate surface area is 159 Å². The fourth-order valence-corrected chi connectivity index (χ4v) is 3.05. The molecular weight excluding hydrogens is 406 g/mol.